The fourth-order valence-electron chi connectivity index (χ4n) is 2.02. The summed E-state index contributed by atoms with van der Waals surface area (Å²) in [5, 5.41) is 0. The molecule has 0 aromatic heterocycles. The van der Waals surface area contributed by atoms with E-state index in [2.05, 4.69) is 6.92 Å². The molecule has 1 aromatic rings. The molecule has 102 valence electrons. The van der Waals surface area contributed by atoms with Crippen LogP contribution < -0.4 is 20.9 Å². The van der Waals surface area contributed by atoms with Crippen molar-refractivity contribution in [2.75, 3.05) is 20.8 Å². The van der Waals surface area contributed by atoms with Gasteiger partial charge in [-0.25, -0.2) is 0 Å². The van der Waals surface area contributed by atoms with E-state index < -0.39 is 0 Å². The Morgan fingerprint density at radius 1 is 1.17 bits per heavy atom. The van der Waals surface area contributed by atoms with E-state index in [-0.39, 0.29) is 6.04 Å². The van der Waals surface area contributed by atoms with Crippen LogP contribution in [-0.2, 0) is 0 Å². The third-order valence-corrected chi connectivity index (χ3v) is 3.21. The van der Waals surface area contributed by atoms with Crippen LogP contribution in [0.3, 0.4) is 0 Å². The zero-order chi connectivity index (χ0) is 13.7. The number of hydrogen-bond donors (Lipinski definition) is 2. The summed E-state index contributed by atoms with van der Waals surface area (Å²) in [7, 11) is 3.32. The van der Waals surface area contributed by atoms with Crippen LogP contribution in [-0.4, -0.2) is 20.8 Å². The van der Waals surface area contributed by atoms with Crippen LogP contribution in [0.15, 0.2) is 12.1 Å². The maximum absolute atomic E-state index is 6.23. The minimum absolute atomic E-state index is 0.0898. The highest BCUT2D eigenvalue weighted by Gasteiger charge is 2.17. The molecule has 4 nitrogen and oxygen atoms in total. The molecule has 0 aliphatic carbocycles. The lowest BCUT2D eigenvalue weighted by Gasteiger charge is -2.20. The molecule has 0 fully saturated rings. The van der Waals surface area contributed by atoms with Gasteiger partial charge in [0.15, 0.2) is 0 Å². The zero-order valence-electron chi connectivity index (χ0n) is 11.7. The summed E-state index contributed by atoms with van der Waals surface area (Å²) >= 11 is 0. The van der Waals surface area contributed by atoms with Gasteiger partial charge in [-0.1, -0.05) is 6.92 Å². The predicted molar refractivity (Wildman–Crippen MR) is 74.0 cm³/mol. The van der Waals surface area contributed by atoms with Gasteiger partial charge in [0, 0.05) is 11.6 Å². The van der Waals surface area contributed by atoms with E-state index >= 15 is 0 Å². The highest BCUT2D eigenvalue weighted by Crippen LogP contribution is 2.33. The smallest absolute Gasteiger partial charge is 0.124 e. The van der Waals surface area contributed by atoms with E-state index in [0.29, 0.717) is 12.5 Å². The summed E-state index contributed by atoms with van der Waals surface area (Å²) in [4.78, 5) is 0. The van der Waals surface area contributed by atoms with Gasteiger partial charge in [0.25, 0.3) is 0 Å². The maximum Gasteiger partial charge on any atom is 0.124 e. The molecule has 0 saturated heterocycles. The largest absolute Gasteiger partial charge is 0.496 e. The van der Waals surface area contributed by atoms with Crippen molar-refractivity contribution in [1.29, 1.82) is 0 Å². The third kappa shape index (κ3) is 3.37. The predicted octanol–water partition coefficient (Wildman–Crippen LogP) is 2.00. The Labute approximate surface area is 109 Å². The van der Waals surface area contributed by atoms with Gasteiger partial charge in [-0.15, -0.1) is 0 Å². The van der Waals surface area contributed by atoms with E-state index in [1.807, 2.05) is 19.1 Å². The van der Waals surface area contributed by atoms with Gasteiger partial charge in [0.05, 0.1) is 14.2 Å². The molecule has 4 heteroatoms. The first kappa shape index (κ1) is 14.8. The Morgan fingerprint density at radius 2 is 1.78 bits per heavy atom. The number of methoxy groups -OCH3 is 2. The van der Waals surface area contributed by atoms with Gasteiger partial charge in [0.2, 0.25) is 0 Å². The molecule has 0 spiro atoms. The van der Waals surface area contributed by atoms with Crippen molar-refractivity contribution >= 4 is 0 Å². The lowest BCUT2D eigenvalue weighted by molar-refractivity contribution is 0.386. The van der Waals surface area contributed by atoms with Gasteiger partial charge < -0.3 is 20.9 Å². The number of hydrogen-bond acceptors (Lipinski definition) is 4. The fraction of sp³-hybridized carbons (Fsp3) is 0.571. The quantitative estimate of drug-likeness (QED) is 0.812. The van der Waals surface area contributed by atoms with Gasteiger partial charge in [0.1, 0.15) is 11.5 Å². The molecular weight excluding hydrogens is 228 g/mol. The molecule has 1 aromatic carbocycles. The topological polar surface area (TPSA) is 70.5 Å². The molecule has 0 radical (unpaired) electrons. The summed E-state index contributed by atoms with van der Waals surface area (Å²) in [5.74, 6) is 2.03. The Hall–Kier alpha value is -1.26. The van der Waals surface area contributed by atoms with E-state index in [9.17, 15) is 0 Å². The lowest BCUT2D eigenvalue weighted by Crippen LogP contribution is -2.20. The first-order valence-corrected chi connectivity index (χ1v) is 6.21. The van der Waals surface area contributed by atoms with Crippen LogP contribution in [0.2, 0.25) is 0 Å². The standard InChI is InChI=1S/C14H24N2O2/c1-9(8-15)5-12(16)11-7-13(17-3)10(2)6-14(11)18-4/h6-7,9,12H,5,8,15-16H2,1-4H3. The summed E-state index contributed by atoms with van der Waals surface area (Å²) in [6, 6.07) is 3.83. The molecule has 0 bridgehead atoms. The van der Waals surface area contributed by atoms with E-state index in [4.69, 9.17) is 20.9 Å². The Bertz CT molecular complexity index is 394. The minimum atomic E-state index is -0.0898. The third-order valence-electron chi connectivity index (χ3n) is 3.21. The van der Waals surface area contributed by atoms with Gasteiger partial charge in [-0.2, -0.15) is 0 Å². The lowest BCUT2D eigenvalue weighted by atomic mass is 9.95. The number of aryl methyl sites for hydroxylation is 1. The number of rotatable bonds is 6. The van der Waals surface area contributed by atoms with E-state index in [0.717, 1.165) is 29.0 Å². The van der Waals surface area contributed by atoms with Crippen molar-refractivity contribution in [3.63, 3.8) is 0 Å². The maximum atomic E-state index is 6.23. The van der Waals surface area contributed by atoms with Crippen LogP contribution in [0.4, 0.5) is 0 Å². The first-order chi connectivity index (χ1) is 8.53. The highest BCUT2D eigenvalue weighted by atomic mass is 16.5. The van der Waals surface area contributed by atoms with Crippen molar-refractivity contribution in [2.45, 2.75) is 26.3 Å². The number of ether oxygens (including phenoxy) is 2. The van der Waals surface area contributed by atoms with Crippen LogP contribution in [0.5, 0.6) is 11.5 Å². The molecule has 2 atom stereocenters. The monoisotopic (exact) mass is 252 g/mol. The zero-order valence-corrected chi connectivity index (χ0v) is 11.7. The molecule has 2 unspecified atom stereocenters. The SMILES string of the molecule is COc1cc(C(N)CC(C)CN)c(OC)cc1C. The van der Waals surface area contributed by atoms with Crippen molar-refractivity contribution in [3.05, 3.63) is 23.3 Å². The van der Waals surface area contributed by atoms with Gasteiger partial charge >= 0.3 is 0 Å². The van der Waals surface area contributed by atoms with E-state index in [1.54, 1.807) is 14.2 Å². The van der Waals surface area contributed by atoms with E-state index in [1.165, 1.54) is 0 Å². The second-order valence-electron chi connectivity index (χ2n) is 4.75. The van der Waals surface area contributed by atoms with Crippen LogP contribution in [0.25, 0.3) is 0 Å². The summed E-state index contributed by atoms with van der Waals surface area (Å²) in [6.07, 6.45) is 0.832. The van der Waals surface area contributed by atoms with Gasteiger partial charge in [-0.3, -0.25) is 0 Å². The van der Waals surface area contributed by atoms with Crippen molar-refractivity contribution in [1.82, 2.24) is 0 Å². The molecule has 18 heavy (non-hydrogen) atoms. The van der Waals surface area contributed by atoms with Crippen LogP contribution in [0, 0.1) is 12.8 Å². The van der Waals surface area contributed by atoms with Crippen molar-refractivity contribution in [2.24, 2.45) is 17.4 Å². The second-order valence-corrected chi connectivity index (χ2v) is 4.75. The minimum Gasteiger partial charge on any atom is -0.496 e. The second kappa shape index (κ2) is 6.61. The summed E-state index contributed by atoms with van der Waals surface area (Å²) in [5.41, 5.74) is 13.9. The van der Waals surface area contributed by atoms with Crippen molar-refractivity contribution < 1.29 is 9.47 Å². The molecule has 4 N–H and O–H groups in total. The molecule has 0 heterocycles. The Balaban J connectivity index is 3.05. The molecule has 0 saturated carbocycles. The summed E-state index contributed by atoms with van der Waals surface area (Å²) in [6.45, 7) is 4.72. The molecule has 1 rings (SSSR count). The van der Waals surface area contributed by atoms with Crippen molar-refractivity contribution in [3.8, 4) is 11.5 Å². The summed E-state index contributed by atoms with van der Waals surface area (Å²) < 4.78 is 10.7. The van der Waals surface area contributed by atoms with Crippen LogP contribution in [0.1, 0.15) is 30.5 Å². The number of benzene rings is 1. The average Bonchev–Trinajstić information content (AvgIpc) is 2.37. The Morgan fingerprint density at radius 3 is 2.28 bits per heavy atom. The highest BCUT2D eigenvalue weighted by molar-refractivity contribution is 5.47. The fourth-order valence-corrected chi connectivity index (χ4v) is 2.02. The van der Waals surface area contributed by atoms with Crippen LogP contribution >= 0.6 is 0 Å². The molecule has 0 amide bonds. The normalized spacial score (nSPS) is 14.1. The molecular formula is C14H24N2O2. The first-order valence-electron chi connectivity index (χ1n) is 6.21. The average molecular weight is 252 g/mol. The Kier molecular flexibility index (Phi) is 5.44. The molecule has 0 aliphatic heterocycles. The molecule has 0 aliphatic rings. The van der Waals surface area contributed by atoms with Gasteiger partial charge in [-0.05, 0) is 43.5 Å². The number of nitrogens with two attached hydrogens (primary N) is 2.